The minimum absolute atomic E-state index is 0.0808. The van der Waals surface area contributed by atoms with Crippen LogP contribution in [0.5, 0.6) is 0 Å². The van der Waals surface area contributed by atoms with E-state index in [1.165, 1.54) is 0 Å². The molecule has 2 atom stereocenters. The molecule has 7 nitrogen and oxygen atoms in total. The Morgan fingerprint density at radius 2 is 2.03 bits per heavy atom. The lowest BCUT2D eigenvalue weighted by atomic mass is 9.98. The van der Waals surface area contributed by atoms with Crippen LogP contribution in [0, 0.1) is 5.92 Å². The number of ether oxygens (including phenoxy) is 1. The molecule has 0 spiro atoms. The van der Waals surface area contributed by atoms with E-state index in [1.54, 1.807) is 5.01 Å². The molecule has 2 aliphatic heterocycles. The first-order chi connectivity index (χ1) is 15.5. The van der Waals surface area contributed by atoms with E-state index in [2.05, 4.69) is 0 Å². The van der Waals surface area contributed by atoms with Crippen molar-refractivity contribution in [2.24, 2.45) is 18.1 Å². The van der Waals surface area contributed by atoms with Gasteiger partial charge in [-0.2, -0.15) is 5.10 Å². The van der Waals surface area contributed by atoms with Gasteiger partial charge in [-0.05, 0) is 44.5 Å². The fraction of sp³-hybridized carbons (Fsp3) is 0.458. The molecule has 0 unspecified atom stereocenters. The molecule has 1 saturated heterocycles. The molecule has 2 aromatic rings. The molecular weight excluding hydrogens is 428 g/mol. The number of aryl methyl sites for hydroxylation is 1. The van der Waals surface area contributed by atoms with Crippen molar-refractivity contribution in [1.29, 1.82) is 0 Å². The first kappa shape index (κ1) is 22.6. The second-order valence-corrected chi connectivity index (χ2v) is 8.76. The van der Waals surface area contributed by atoms with Crippen molar-refractivity contribution < 1.29 is 14.3 Å². The van der Waals surface area contributed by atoms with E-state index in [9.17, 15) is 9.59 Å². The van der Waals surface area contributed by atoms with Gasteiger partial charge in [-0.3, -0.25) is 14.5 Å². The number of benzene rings is 1. The molecule has 0 N–H and O–H groups in total. The standard InChI is InChI=1S/C24H29ClN4O3/c1-3-32-24(31)17-8-6-13-28(15-17)16-23(30)29-22(21-11-7-12-27(21)2)14-20(26-29)18-9-4-5-10-19(18)25/h4-5,7,9-12,17,22H,3,6,8,13-16H2,1-2H3/t17-,22+/m0/s1. The Morgan fingerprint density at radius 3 is 2.75 bits per heavy atom. The summed E-state index contributed by atoms with van der Waals surface area (Å²) >= 11 is 6.42. The predicted molar refractivity (Wildman–Crippen MR) is 123 cm³/mol. The number of rotatable bonds is 6. The lowest BCUT2D eigenvalue weighted by Crippen LogP contribution is -2.45. The van der Waals surface area contributed by atoms with Crippen LogP contribution in [0.15, 0.2) is 47.7 Å². The largest absolute Gasteiger partial charge is 0.466 e. The summed E-state index contributed by atoms with van der Waals surface area (Å²) in [6.45, 7) is 3.73. The zero-order valence-corrected chi connectivity index (χ0v) is 19.3. The van der Waals surface area contributed by atoms with Gasteiger partial charge in [0.15, 0.2) is 0 Å². The Hall–Kier alpha value is -2.64. The van der Waals surface area contributed by atoms with Crippen molar-refractivity contribution in [2.75, 3.05) is 26.2 Å². The molecule has 170 valence electrons. The summed E-state index contributed by atoms with van der Waals surface area (Å²) in [5.74, 6) is -0.435. The van der Waals surface area contributed by atoms with E-state index in [0.29, 0.717) is 24.6 Å². The second kappa shape index (κ2) is 9.88. The predicted octanol–water partition coefficient (Wildman–Crippen LogP) is 3.63. The summed E-state index contributed by atoms with van der Waals surface area (Å²) in [5, 5.41) is 6.95. The zero-order valence-electron chi connectivity index (χ0n) is 18.5. The first-order valence-corrected chi connectivity index (χ1v) is 11.5. The molecule has 0 radical (unpaired) electrons. The molecule has 1 aromatic carbocycles. The van der Waals surface area contributed by atoms with Crippen LogP contribution in [0.3, 0.4) is 0 Å². The highest BCUT2D eigenvalue weighted by Crippen LogP contribution is 2.34. The number of likely N-dealkylation sites (tertiary alicyclic amines) is 1. The van der Waals surface area contributed by atoms with E-state index >= 15 is 0 Å². The van der Waals surface area contributed by atoms with Crippen molar-refractivity contribution in [1.82, 2.24) is 14.5 Å². The summed E-state index contributed by atoms with van der Waals surface area (Å²) < 4.78 is 7.21. The normalized spacial score (nSPS) is 21.5. The van der Waals surface area contributed by atoms with Crippen LogP contribution in [0.1, 0.15) is 43.5 Å². The van der Waals surface area contributed by atoms with Crippen molar-refractivity contribution in [3.63, 3.8) is 0 Å². The van der Waals surface area contributed by atoms with Crippen molar-refractivity contribution >= 4 is 29.2 Å². The molecule has 0 saturated carbocycles. The highest BCUT2D eigenvalue weighted by molar-refractivity contribution is 6.34. The SMILES string of the molecule is CCOC(=O)[C@H]1CCCN(CC(=O)N2N=C(c3ccccc3Cl)C[C@@H]2c2cccn2C)C1. The maximum Gasteiger partial charge on any atom is 0.310 e. The molecule has 8 heteroatoms. The zero-order chi connectivity index (χ0) is 22.7. The van der Waals surface area contributed by atoms with Crippen LogP contribution in [0.2, 0.25) is 5.02 Å². The van der Waals surface area contributed by atoms with Crippen LogP contribution in [0.25, 0.3) is 0 Å². The molecule has 1 amide bonds. The summed E-state index contributed by atoms with van der Waals surface area (Å²) in [6.07, 6.45) is 4.24. The fourth-order valence-electron chi connectivity index (χ4n) is 4.56. The van der Waals surface area contributed by atoms with Crippen molar-refractivity contribution in [2.45, 2.75) is 32.2 Å². The number of amides is 1. The third kappa shape index (κ3) is 4.74. The quantitative estimate of drug-likeness (QED) is 0.622. The topological polar surface area (TPSA) is 67.1 Å². The average Bonchev–Trinajstić information content (AvgIpc) is 3.40. The maximum atomic E-state index is 13.4. The number of hydrogen-bond donors (Lipinski definition) is 0. The smallest absolute Gasteiger partial charge is 0.310 e. The Kier molecular flexibility index (Phi) is 6.96. The molecule has 32 heavy (non-hydrogen) atoms. The van der Waals surface area contributed by atoms with Crippen LogP contribution >= 0.6 is 11.6 Å². The minimum Gasteiger partial charge on any atom is -0.466 e. The number of hydrogen-bond acceptors (Lipinski definition) is 5. The molecule has 0 bridgehead atoms. The van der Waals surface area contributed by atoms with E-state index in [0.717, 1.165) is 36.4 Å². The van der Waals surface area contributed by atoms with Crippen LogP contribution < -0.4 is 0 Å². The first-order valence-electron chi connectivity index (χ1n) is 11.1. The van der Waals surface area contributed by atoms with Crippen LogP contribution in [-0.2, 0) is 21.4 Å². The fourth-order valence-corrected chi connectivity index (χ4v) is 4.81. The number of nitrogens with zero attached hydrogens (tertiary/aromatic N) is 4. The highest BCUT2D eigenvalue weighted by Gasteiger charge is 2.36. The van der Waals surface area contributed by atoms with Crippen LogP contribution in [-0.4, -0.2) is 58.3 Å². The molecule has 1 aromatic heterocycles. The lowest BCUT2D eigenvalue weighted by molar-refractivity contribution is -0.150. The van der Waals surface area contributed by atoms with E-state index in [1.807, 2.05) is 66.0 Å². The van der Waals surface area contributed by atoms with Crippen molar-refractivity contribution in [3.8, 4) is 0 Å². The van der Waals surface area contributed by atoms with Gasteiger partial charge in [0.05, 0.1) is 24.8 Å². The van der Waals surface area contributed by atoms with Gasteiger partial charge in [0, 0.05) is 42.5 Å². The molecule has 1 fully saturated rings. The van der Waals surface area contributed by atoms with Gasteiger partial charge in [0.1, 0.15) is 6.04 Å². The maximum absolute atomic E-state index is 13.4. The van der Waals surface area contributed by atoms with E-state index in [-0.39, 0.29) is 30.4 Å². The third-order valence-corrected chi connectivity index (χ3v) is 6.49. The Bertz CT molecular complexity index is 1020. The number of halogens is 1. The lowest BCUT2D eigenvalue weighted by Gasteiger charge is -2.32. The van der Waals surface area contributed by atoms with Gasteiger partial charge in [-0.1, -0.05) is 29.8 Å². The number of carbonyl (C=O) groups is 2. The second-order valence-electron chi connectivity index (χ2n) is 8.36. The average molecular weight is 457 g/mol. The molecule has 3 heterocycles. The Labute approximate surface area is 193 Å². The molecular formula is C24H29ClN4O3. The van der Waals surface area contributed by atoms with Gasteiger partial charge in [-0.25, -0.2) is 5.01 Å². The van der Waals surface area contributed by atoms with Gasteiger partial charge in [-0.15, -0.1) is 0 Å². The number of carbonyl (C=O) groups excluding carboxylic acids is 2. The summed E-state index contributed by atoms with van der Waals surface area (Å²) in [5.41, 5.74) is 2.68. The molecule has 4 rings (SSSR count). The van der Waals surface area contributed by atoms with Gasteiger partial charge in [0.25, 0.3) is 5.91 Å². The Balaban J connectivity index is 1.54. The summed E-state index contributed by atoms with van der Waals surface area (Å²) in [6, 6.07) is 11.4. The number of esters is 1. The summed E-state index contributed by atoms with van der Waals surface area (Å²) in [4.78, 5) is 27.6. The number of piperidine rings is 1. The minimum atomic E-state index is -0.195. The van der Waals surface area contributed by atoms with E-state index in [4.69, 9.17) is 21.4 Å². The van der Waals surface area contributed by atoms with Gasteiger partial charge in [0.2, 0.25) is 0 Å². The van der Waals surface area contributed by atoms with Gasteiger partial charge < -0.3 is 9.30 Å². The van der Waals surface area contributed by atoms with Crippen molar-refractivity contribution in [3.05, 3.63) is 58.9 Å². The number of aromatic nitrogens is 1. The monoisotopic (exact) mass is 456 g/mol. The third-order valence-electron chi connectivity index (χ3n) is 6.16. The van der Waals surface area contributed by atoms with E-state index < -0.39 is 0 Å². The number of hydrazone groups is 1. The Morgan fingerprint density at radius 1 is 1.22 bits per heavy atom. The van der Waals surface area contributed by atoms with Crippen LogP contribution in [0.4, 0.5) is 0 Å². The summed E-state index contributed by atoms with van der Waals surface area (Å²) in [7, 11) is 1.97. The molecule has 0 aliphatic carbocycles. The highest BCUT2D eigenvalue weighted by atomic mass is 35.5. The molecule has 2 aliphatic rings. The van der Waals surface area contributed by atoms with Gasteiger partial charge >= 0.3 is 5.97 Å².